The summed E-state index contributed by atoms with van der Waals surface area (Å²) < 4.78 is 0. The summed E-state index contributed by atoms with van der Waals surface area (Å²) in [5.74, 6) is 1.65. The third kappa shape index (κ3) is 4.55. The summed E-state index contributed by atoms with van der Waals surface area (Å²) in [4.78, 5) is 2.62. The van der Waals surface area contributed by atoms with Crippen molar-refractivity contribution >= 4 is 0 Å². The topological polar surface area (TPSA) is 15.3 Å². The quantitative estimate of drug-likeness (QED) is 0.841. The Morgan fingerprint density at radius 3 is 2.27 bits per heavy atom. The van der Waals surface area contributed by atoms with Crippen LogP contribution in [-0.2, 0) is 19.4 Å². The Labute approximate surface area is 158 Å². The fraction of sp³-hybridized carbons (Fsp3) is 0.500. The molecule has 2 aliphatic rings. The molecule has 26 heavy (non-hydrogen) atoms. The van der Waals surface area contributed by atoms with Gasteiger partial charge in [0.2, 0.25) is 0 Å². The predicted molar refractivity (Wildman–Crippen MR) is 109 cm³/mol. The fourth-order valence-corrected chi connectivity index (χ4v) is 4.70. The Kier molecular flexibility index (Phi) is 5.72. The molecular weight excluding hydrogens is 316 g/mol. The van der Waals surface area contributed by atoms with Crippen LogP contribution in [-0.4, -0.2) is 31.1 Å². The molecule has 1 aliphatic carbocycles. The number of likely N-dealkylation sites (tertiary alicyclic amines) is 1. The average molecular weight is 349 g/mol. The molecule has 0 bridgehead atoms. The standard InChI is InChI=1S/C24H32N2/c1-19-5-4-6-21(13-19)18-26-11-9-20(10-12-26)16-25-17-22-14-23-7-2-3-8-24(23)15-22/h2-8,13,20,22,25H,9-12,14-18H2,1H3. The molecule has 1 aliphatic heterocycles. The normalized spacial score (nSPS) is 19.0. The lowest BCUT2D eigenvalue weighted by Crippen LogP contribution is -2.37. The summed E-state index contributed by atoms with van der Waals surface area (Å²) in [6.07, 6.45) is 5.20. The van der Waals surface area contributed by atoms with E-state index in [4.69, 9.17) is 0 Å². The Morgan fingerprint density at radius 1 is 0.885 bits per heavy atom. The van der Waals surface area contributed by atoms with Gasteiger partial charge in [0.25, 0.3) is 0 Å². The van der Waals surface area contributed by atoms with Crippen LogP contribution in [0.2, 0.25) is 0 Å². The maximum Gasteiger partial charge on any atom is 0.0233 e. The van der Waals surface area contributed by atoms with Crippen molar-refractivity contribution in [1.82, 2.24) is 10.2 Å². The first kappa shape index (κ1) is 17.8. The van der Waals surface area contributed by atoms with Gasteiger partial charge in [0.05, 0.1) is 0 Å². The number of fused-ring (bicyclic) bond motifs is 1. The number of hydrogen-bond donors (Lipinski definition) is 1. The third-order valence-corrected chi connectivity index (χ3v) is 6.20. The second kappa shape index (κ2) is 8.37. The number of aryl methyl sites for hydroxylation is 1. The van der Waals surface area contributed by atoms with Crippen molar-refractivity contribution in [3.8, 4) is 0 Å². The van der Waals surface area contributed by atoms with Crippen LogP contribution in [0.3, 0.4) is 0 Å². The van der Waals surface area contributed by atoms with Crippen LogP contribution in [0, 0.1) is 18.8 Å². The highest BCUT2D eigenvalue weighted by molar-refractivity contribution is 5.32. The van der Waals surface area contributed by atoms with Gasteiger partial charge in [-0.15, -0.1) is 0 Å². The van der Waals surface area contributed by atoms with E-state index < -0.39 is 0 Å². The first-order valence-corrected chi connectivity index (χ1v) is 10.3. The maximum absolute atomic E-state index is 3.79. The SMILES string of the molecule is Cc1cccc(CN2CCC(CNCC3Cc4ccccc4C3)CC2)c1. The van der Waals surface area contributed by atoms with Crippen LogP contribution >= 0.6 is 0 Å². The van der Waals surface area contributed by atoms with Gasteiger partial charge in [0.1, 0.15) is 0 Å². The van der Waals surface area contributed by atoms with Gasteiger partial charge in [-0.3, -0.25) is 4.90 Å². The highest BCUT2D eigenvalue weighted by Gasteiger charge is 2.22. The first-order chi connectivity index (χ1) is 12.8. The molecule has 2 nitrogen and oxygen atoms in total. The van der Waals surface area contributed by atoms with Crippen molar-refractivity contribution in [3.63, 3.8) is 0 Å². The summed E-state index contributed by atoms with van der Waals surface area (Å²) >= 11 is 0. The predicted octanol–water partition coefficient (Wildman–Crippen LogP) is 4.21. The minimum Gasteiger partial charge on any atom is -0.316 e. The molecule has 1 heterocycles. The molecule has 0 saturated carbocycles. The zero-order valence-corrected chi connectivity index (χ0v) is 16.1. The molecule has 0 unspecified atom stereocenters. The van der Waals surface area contributed by atoms with Crippen LogP contribution < -0.4 is 5.32 Å². The van der Waals surface area contributed by atoms with E-state index in [2.05, 4.69) is 65.7 Å². The first-order valence-electron chi connectivity index (χ1n) is 10.3. The minimum atomic E-state index is 0.800. The van der Waals surface area contributed by atoms with Gasteiger partial charge in [0, 0.05) is 6.54 Å². The van der Waals surface area contributed by atoms with Crippen molar-refractivity contribution < 1.29 is 0 Å². The Bertz CT molecular complexity index is 691. The molecule has 1 fully saturated rings. The lowest BCUT2D eigenvalue weighted by Gasteiger charge is -2.32. The number of piperidine rings is 1. The van der Waals surface area contributed by atoms with Crippen LogP contribution in [0.5, 0.6) is 0 Å². The summed E-state index contributed by atoms with van der Waals surface area (Å²) in [5, 5.41) is 3.79. The molecule has 0 aromatic heterocycles. The van der Waals surface area contributed by atoms with E-state index in [1.165, 1.54) is 63.0 Å². The minimum absolute atomic E-state index is 0.800. The van der Waals surface area contributed by atoms with Gasteiger partial charge in [-0.05, 0) is 87.3 Å². The number of rotatable bonds is 6. The monoisotopic (exact) mass is 348 g/mol. The maximum atomic E-state index is 3.79. The molecule has 0 radical (unpaired) electrons. The smallest absolute Gasteiger partial charge is 0.0233 e. The summed E-state index contributed by atoms with van der Waals surface area (Å²) in [7, 11) is 0. The molecule has 4 rings (SSSR count). The van der Waals surface area contributed by atoms with E-state index in [-0.39, 0.29) is 0 Å². The van der Waals surface area contributed by atoms with Crippen molar-refractivity contribution in [2.24, 2.45) is 11.8 Å². The second-order valence-corrected chi connectivity index (χ2v) is 8.41. The van der Waals surface area contributed by atoms with Crippen LogP contribution in [0.25, 0.3) is 0 Å². The number of nitrogens with one attached hydrogen (secondary N) is 1. The molecule has 2 heteroatoms. The zero-order valence-electron chi connectivity index (χ0n) is 16.1. The molecule has 138 valence electrons. The van der Waals surface area contributed by atoms with Crippen LogP contribution in [0.1, 0.15) is 35.1 Å². The van der Waals surface area contributed by atoms with E-state index in [9.17, 15) is 0 Å². The van der Waals surface area contributed by atoms with E-state index in [1.807, 2.05) is 0 Å². The van der Waals surface area contributed by atoms with Gasteiger partial charge in [-0.1, -0.05) is 54.1 Å². The Balaban J connectivity index is 1.15. The van der Waals surface area contributed by atoms with E-state index in [0.29, 0.717) is 0 Å². The molecule has 2 aromatic carbocycles. The molecule has 1 N–H and O–H groups in total. The zero-order chi connectivity index (χ0) is 17.8. The molecule has 0 amide bonds. The number of hydrogen-bond acceptors (Lipinski definition) is 2. The van der Waals surface area contributed by atoms with Gasteiger partial charge < -0.3 is 5.32 Å². The van der Waals surface area contributed by atoms with Crippen molar-refractivity contribution in [2.75, 3.05) is 26.2 Å². The highest BCUT2D eigenvalue weighted by Crippen LogP contribution is 2.26. The van der Waals surface area contributed by atoms with E-state index >= 15 is 0 Å². The second-order valence-electron chi connectivity index (χ2n) is 8.41. The molecule has 0 atom stereocenters. The van der Waals surface area contributed by atoms with Crippen LogP contribution in [0.4, 0.5) is 0 Å². The van der Waals surface area contributed by atoms with Crippen molar-refractivity contribution in [1.29, 1.82) is 0 Å². The summed E-state index contributed by atoms with van der Waals surface area (Å²) in [6, 6.07) is 17.9. The molecule has 1 saturated heterocycles. The van der Waals surface area contributed by atoms with Gasteiger partial charge >= 0.3 is 0 Å². The third-order valence-electron chi connectivity index (χ3n) is 6.20. The summed E-state index contributed by atoms with van der Waals surface area (Å²) in [5.41, 5.74) is 5.98. The fourth-order valence-electron chi connectivity index (χ4n) is 4.70. The molecule has 2 aromatic rings. The largest absolute Gasteiger partial charge is 0.316 e. The van der Waals surface area contributed by atoms with Gasteiger partial charge in [0.15, 0.2) is 0 Å². The van der Waals surface area contributed by atoms with E-state index in [0.717, 1.165) is 18.4 Å². The molecule has 0 spiro atoms. The Hall–Kier alpha value is -1.64. The lowest BCUT2D eigenvalue weighted by molar-refractivity contribution is 0.174. The van der Waals surface area contributed by atoms with Crippen molar-refractivity contribution in [2.45, 2.75) is 39.2 Å². The number of benzene rings is 2. The van der Waals surface area contributed by atoms with Crippen LogP contribution in [0.15, 0.2) is 48.5 Å². The van der Waals surface area contributed by atoms with E-state index in [1.54, 1.807) is 11.1 Å². The number of nitrogens with zero attached hydrogens (tertiary/aromatic N) is 1. The lowest BCUT2D eigenvalue weighted by atomic mass is 9.96. The van der Waals surface area contributed by atoms with Gasteiger partial charge in [-0.25, -0.2) is 0 Å². The van der Waals surface area contributed by atoms with Gasteiger partial charge in [-0.2, -0.15) is 0 Å². The summed E-state index contributed by atoms with van der Waals surface area (Å²) in [6.45, 7) is 8.17. The highest BCUT2D eigenvalue weighted by atomic mass is 15.1. The average Bonchev–Trinajstić information content (AvgIpc) is 3.06. The van der Waals surface area contributed by atoms with Crippen molar-refractivity contribution in [3.05, 3.63) is 70.8 Å². The molecular formula is C24H32N2. The Morgan fingerprint density at radius 2 is 1.58 bits per heavy atom.